The summed E-state index contributed by atoms with van der Waals surface area (Å²) in [6.07, 6.45) is 0. The predicted molar refractivity (Wildman–Crippen MR) is 125 cm³/mol. The standard InChI is InChI=1S/C24H28BrN3O3/c1-18-24(25)21-7-2-3-8-22(21)28(18)17-23(29)26-16-19-5-4-6-20(15-19)31-14-11-27-9-12-30-13-10-27/h2-8,15H,9-14,16-17H2,1H3,(H,26,29). The van der Waals surface area contributed by atoms with Crippen molar-refractivity contribution in [3.8, 4) is 5.75 Å². The molecule has 1 aliphatic heterocycles. The van der Waals surface area contributed by atoms with Gasteiger partial charge >= 0.3 is 0 Å². The molecule has 0 saturated carbocycles. The van der Waals surface area contributed by atoms with Gasteiger partial charge in [-0.25, -0.2) is 0 Å². The lowest BCUT2D eigenvalue weighted by atomic mass is 10.2. The average Bonchev–Trinajstić information content (AvgIpc) is 3.04. The van der Waals surface area contributed by atoms with Crippen molar-refractivity contribution < 1.29 is 14.3 Å². The van der Waals surface area contributed by atoms with E-state index in [-0.39, 0.29) is 12.5 Å². The third-order valence-electron chi connectivity index (χ3n) is 5.62. The molecule has 1 aliphatic rings. The summed E-state index contributed by atoms with van der Waals surface area (Å²) < 4.78 is 14.4. The molecule has 1 aromatic heterocycles. The van der Waals surface area contributed by atoms with E-state index >= 15 is 0 Å². The largest absolute Gasteiger partial charge is 0.492 e. The number of aromatic nitrogens is 1. The van der Waals surface area contributed by atoms with E-state index < -0.39 is 0 Å². The molecule has 1 amide bonds. The Labute approximate surface area is 191 Å². The van der Waals surface area contributed by atoms with E-state index in [1.54, 1.807) is 0 Å². The molecule has 4 rings (SSSR count). The quantitative estimate of drug-likeness (QED) is 0.527. The summed E-state index contributed by atoms with van der Waals surface area (Å²) in [6, 6.07) is 16.0. The number of carbonyl (C=O) groups excluding carboxylic acids is 1. The Morgan fingerprint density at radius 1 is 1.16 bits per heavy atom. The highest BCUT2D eigenvalue weighted by Crippen LogP contribution is 2.30. The SMILES string of the molecule is Cc1c(Br)c2ccccc2n1CC(=O)NCc1cccc(OCCN2CCOCC2)c1. The van der Waals surface area contributed by atoms with Crippen LogP contribution < -0.4 is 10.1 Å². The minimum Gasteiger partial charge on any atom is -0.492 e. The van der Waals surface area contributed by atoms with Gasteiger partial charge in [-0.1, -0.05) is 30.3 Å². The zero-order valence-electron chi connectivity index (χ0n) is 17.8. The Balaban J connectivity index is 1.30. The fourth-order valence-electron chi connectivity index (χ4n) is 3.86. The number of halogens is 1. The lowest BCUT2D eigenvalue weighted by Crippen LogP contribution is -2.38. The van der Waals surface area contributed by atoms with Crippen molar-refractivity contribution in [2.24, 2.45) is 0 Å². The number of morpholine rings is 1. The molecule has 6 nitrogen and oxygen atoms in total. The molecule has 0 radical (unpaired) electrons. The summed E-state index contributed by atoms with van der Waals surface area (Å²) in [5.74, 6) is 0.811. The molecule has 0 bridgehead atoms. The van der Waals surface area contributed by atoms with E-state index in [2.05, 4.69) is 32.2 Å². The van der Waals surface area contributed by atoms with Crippen LogP contribution in [0.4, 0.5) is 0 Å². The summed E-state index contributed by atoms with van der Waals surface area (Å²) in [5, 5.41) is 4.15. The molecule has 1 fully saturated rings. The van der Waals surface area contributed by atoms with Gasteiger partial charge in [-0.3, -0.25) is 9.69 Å². The van der Waals surface area contributed by atoms with Gasteiger partial charge in [0, 0.05) is 47.2 Å². The maximum absolute atomic E-state index is 12.6. The maximum Gasteiger partial charge on any atom is 0.240 e. The van der Waals surface area contributed by atoms with Crippen LogP contribution in [0.25, 0.3) is 10.9 Å². The van der Waals surface area contributed by atoms with Gasteiger partial charge in [0.05, 0.1) is 13.2 Å². The molecule has 0 atom stereocenters. The number of benzene rings is 2. The Morgan fingerprint density at radius 3 is 2.81 bits per heavy atom. The van der Waals surface area contributed by atoms with E-state index in [4.69, 9.17) is 9.47 Å². The van der Waals surface area contributed by atoms with Gasteiger partial charge in [0.15, 0.2) is 0 Å². The van der Waals surface area contributed by atoms with Crippen molar-refractivity contribution in [2.45, 2.75) is 20.0 Å². The number of amides is 1. The van der Waals surface area contributed by atoms with Crippen molar-refractivity contribution in [3.05, 3.63) is 64.3 Å². The summed E-state index contributed by atoms with van der Waals surface area (Å²) in [7, 11) is 0. The van der Waals surface area contributed by atoms with Gasteiger partial charge in [0.2, 0.25) is 5.91 Å². The van der Waals surface area contributed by atoms with E-state index in [0.717, 1.165) is 65.2 Å². The number of fused-ring (bicyclic) bond motifs is 1. The Hall–Kier alpha value is -2.35. The topological polar surface area (TPSA) is 55.7 Å². The third kappa shape index (κ3) is 5.47. The zero-order chi connectivity index (χ0) is 21.6. The Kier molecular flexibility index (Phi) is 7.27. The van der Waals surface area contributed by atoms with E-state index in [0.29, 0.717) is 13.2 Å². The normalized spacial score (nSPS) is 14.6. The molecule has 2 heterocycles. The molecule has 1 saturated heterocycles. The number of hydrogen-bond acceptors (Lipinski definition) is 4. The molecule has 164 valence electrons. The number of nitrogens with zero attached hydrogens (tertiary/aromatic N) is 2. The minimum atomic E-state index is -0.0185. The van der Waals surface area contributed by atoms with Crippen LogP contribution in [0.5, 0.6) is 5.75 Å². The zero-order valence-corrected chi connectivity index (χ0v) is 19.4. The van der Waals surface area contributed by atoms with Gasteiger partial charge in [-0.05, 0) is 46.6 Å². The van der Waals surface area contributed by atoms with E-state index in [1.165, 1.54) is 0 Å². The number of para-hydroxylation sites is 1. The predicted octanol–water partition coefficient (Wildman–Crippen LogP) is 3.74. The van der Waals surface area contributed by atoms with Crippen LogP contribution in [0, 0.1) is 6.92 Å². The van der Waals surface area contributed by atoms with E-state index in [9.17, 15) is 4.79 Å². The van der Waals surface area contributed by atoms with Crippen molar-refractivity contribution in [1.82, 2.24) is 14.8 Å². The smallest absolute Gasteiger partial charge is 0.240 e. The molecule has 0 spiro atoms. The van der Waals surface area contributed by atoms with Crippen LogP contribution in [0.3, 0.4) is 0 Å². The van der Waals surface area contributed by atoms with Crippen molar-refractivity contribution in [3.63, 3.8) is 0 Å². The summed E-state index contributed by atoms with van der Waals surface area (Å²) in [6.45, 7) is 7.83. The first-order valence-corrected chi connectivity index (χ1v) is 11.4. The van der Waals surface area contributed by atoms with Crippen LogP contribution in [0.15, 0.2) is 53.0 Å². The highest BCUT2D eigenvalue weighted by Gasteiger charge is 2.14. The summed E-state index contributed by atoms with van der Waals surface area (Å²) in [5.41, 5.74) is 3.12. The Morgan fingerprint density at radius 2 is 1.97 bits per heavy atom. The second kappa shape index (κ2) is 10.3. The molecular formula is C24H28BrN3O3. The van der Waals surface area contributed by atoms with Crippen LogP contribution in [0.2, 0.25) is 0 Å². The van der Waals surface area contributed by atoms with E-state index in [1.807, 2.05) is 54.0 Å². The molecule has 7 heteroatoms. The first-order chi connectivity index (χ1) is 15.1. The van der Waals surface area contributed by atoms with Crippen LogP contribution in [-0.2, 0) is 22.6 Å². The second-order valence-corrected chi connectivity index (χ2v) is 8.52. The van der Waals surface area contributed by atoms with Crippen molar-refractivity contribution >= 4 is 32.7 Å². The molecular weight excluding hydrogens is 458 g/mol. The monoisotopic (exact) mass is 485 g/mol. The van der Waals surface area contributed by atoms with Gasteiger partial charge in [0.25, 0.3) is 0 Å². The highest BCUT2D eigenvalue weighted by molar-refractivity contribution is 9.10. The van der Waals surface area contributed by atoms with Gasteiger partial charge in [-0.15, -0.1) is 0 Å². The van der Waals surface area contributed by atoms with Crippen LogP contribution in [0.1, 0.15) is 11.3 Å². The molecule has 0 aliphatic carbocycles. The van der Waals surface area contributed by atoms with Crippen molar-refractivity contribution in [1.29, 1.82) is 0 Å². The molecule has 1 N–H and O–H groups in total. The van der Waals surface area contributed by atoms with Crippen LogP contribution >= 0.6 is 15.9 Å². The molecule has 3 aromatic rings. The first kappa shape index (κ1) is 21.9. The minimum absolute atomic E-state index is 0.0185. The number of nitrogens with one attached hydrogen (secondary N) is 1. The molecule has 0 unspecified atom stereocenters. The number of carbonyl (C=O) groups is 1. The Bertz CT molecular complexity index is 1040. The lowest BCUT2D eigenvalue weighted by Gasteiger charge is -2.26. The number of hydrogen-bond donors (Lipinski definition) is 1. The van der Waals surface area contributed by atoms with Gasteiger partial charge < -0.3 is 19.4 Å². The first-order valence-electron chi connectivity index (χ1n) is 10.6. The van der Waals surface area contributed by atoms with Gasteiger partial charge in [0.1, 0.15) is 18.9 Å². The fraction of sp³-hybridized carbons (Fsp3) is 0.375. The van der Waals surface area contributed by atoms with Gasteiger partial charge in [-0.2, -0.15) is 0 Å². The van der Waals surface area contributed by atoms with Crippen molar-refractivity contribution in [2.75, 3.05) is 39.5 Å². The highest BCUT2D eigenvalue weighted by atomic mass is 79.9. The second-order valence-electron chi connectivity index (χ2n) is 7.73. The van der Waals surface area contributed by atoms with Crippen LogP contribution in [-0.4, -0.2) is 54.8 Å². The average molecular weight is 486 g/mol. The fourth-order valence-corrected chi connectivity index (χ4v) is 4.40. The third-order valence-corrected chi connectivity index (χ3v) is 6.62. The number of rotatable bonds is 8. The molecule has 2 aromatic carbocycles. The summed E-state index contributed by atoms with van der Waals surface area (Å²) in [4.78, 5) is 15.0. The number of ether oxygens (including phenoxy) is 2. The lowest BCUT2D eigenvalue weighted by molar-refractivity contribution is -0.121. The molecule has 31 heavy (non-hydrogen) atoms. The summed E-state index contributed by atoms with van der Waals surface area (Å²) >= 11 is 3.65. The maximum atomic E-state index is 12.6.